The van der Waals surface area contributed by atoms with Gasteiger partial charge in [-0.2, -0.15) is 0 Å². The van der Waals surface area contributed by atoms with Crippen LogP contribution in [0.1, 0.15) is 16.0 Å². The minimum absolute atomic E-state index is 0.444. The SMILES string of the molecule is Cc1cc(C(N)=S)ccc1N(C)Cc1cc(Br)cs1. The molecule has 1 heterocycles. The predicted molar refractivity (Wildman–Crippen MR) is 91.2 cm³/mol. The molecule has 2 nitrogen and oxygen atoms in total. The first-order chi connectivity index (χ1) is 8.97. The first-order valence-corrected chi connectivity index (χ1v) is 7.90. The zero-order chi connectivity index (χ0) is 14.0. The van der Waals surface area contributed by atoms with Crippen LogP contribution in [-0.4, -0.2) is 12.0 Å². The second-order valence-electron chi connectivity index (χ2n) is 4.45. The summed E-state index contributed by atoms with van der Waals surface area (Å²) in [6.07, 6.45) is 0. The number of anilines is 1. The number of thiocarbonyl (C=S) groups is 1. The minimum atomic E-state index is 0.444. The molecule has 0 fully saturated rings. The second kappa shape index (κ2) is 6.03. The summed E-state index contributed by atoms with van der Waals surface area (Å²) in [6.45, 7) is 2.97. The molecule has 0 atom stereocenters. The van der Waals surface area contributed by atoms with E-state index in [1.807, 2.05) is 12.1 Å². The van der Waals surface area contributed by atoms with Crippen molar-refractivity contribution in [2.45, 2.75) is 13.5 Å². The van der Waals surface area contributed by atoms with Crippen LogP contribution < -0.4 is 10.6 Å². The summed E-state index contributed by atoms with van der Waals surface area (Å²) in [4.78, 5) is 4.00. The van der Waals surface area contributed by atoms with E-state index in [2.05, 4.69) is 52.3 Å². The Balaban J connectivity index is 2.19. The Morgan fingerprint density at radius 3 is 2.68 bits per heavy atom. The van der Waals surface area contributed by atoms with E-state index in [1.54, 1.807) is 11.3 Å². The van der Waals surface area contributed by atoms with Crippen molar-refractivity contribution in [3.05, 3.63) is 50.1 Å². The lowest BCUT2D eigenvalue weighted by Gasteiger charge is -2.21. The molecule has 2 N–H and O–H groups in total. The van der Waals surface area contributed by atoms with E-state index in [0.717, 1.165) is 16.6 Å². The lowest BCUT2D eigenvalue weighted by molar-refractivity contribution is 0.933. The molecule has 0 spiro atoms. The van der Waals surface area contributed by atoms with Crippen molar-refractivity contribution in [2.75, 3.05) is 11.9 Å². The first kappa shape index (κ1) is 14.5. The molecular formula is C14H15BrN2S2. The van der Waals surface area contributed by atoms with Crippen LogP contribution in [0.25, 0.3) is 0 Å². The highest BCUT2D eigenvalue weighted by molar-refractivity contribution is 9.10. The Bertz CT molecular complexity index is 607. The third-order valence-electron chi connectivity index (χ3n) is 2.91. The maximum atomic E-state index is 5.65. The Morgan fingerprint density at radius 2 is 2.16 bits per heavy atom. The smallest absolute Gasteiger partial charge is 0.103 e. The molecule has 0 aliphatic carbocycles. The summed E-state index contributed by atoms with van der Waals surface area (Å²) >= 11 is 10.2. The molecule has 100 valence electrons. The molecule has 0 saturated heterocycles. The van der Waals surface area contributed by atoms with Crippen molar-refractivity contribution in [3.63, 3.8) is 0 Å². The number of hydrogen-bond acceptors (Lipinski definition) is 3. The summed E-state index contributed by atoms with van der Waals surface area (Å²) in [5.74, 6) is 0. The molecule has 0 aliphatic rings. The number of rotatable bonds is 4. The third-order valence-corrected chi connectivity index (χ3v) is 4.83. The predicted octanol–water partition coefficient (Wildman–Crippen LogP) is 4.09. The lowest BCUT2D eigenvalue weighted by Crippen LogP contribution is -2.17. The topological polar surface area (TPSA) is 29.3 Å². The molecule has 0 saturated carbocycles. The van der Waals surface area contributed by atoms with Gasteiger partial charge in [0, 0.05) is 33.0 Å². The number of aryl methyl sites for hydroxylation is 1. The Labute approximate surface area is 131 Å². The fraction of sp³-hybridized carbons (Fsp3) is 0.214. The zero-order valence-corrected chi connectivity index (χ0v) is 14.0. The number of nitrogens with two attached hydrogens (primary N) is 1. The monoisotopic (exact) mass is 354 g/mol. The van der Waals surface area contributed by atoms with Crippen LogP contribution in [0.2, 0.25) is 0 Å². The molecule has 5 heteroatoms. The van der Waals surface area contributed by atoms with Crippen molar-refractivity contribution < 1.29 is 0 Å². The summed E-state index contributed by atoms with van der Waals surface area (Å²) < 4.78 is 1.14. The first-order valence-electron chi connectivity index (χ1n) is 5.82. The number of hydrogen-bond donors (Lipinski definition) is 1. The molecule has 0 aliphatic heterocycles. The van der Waals surface area contributed by atoms with E-state index < -0.39 is 0 Å². The van der Waals surface area contributed by atoms with Gasteiger partial charge in [-0.3, -0.25) is 0 Å². The largest absolute Gasteiger partial charge is 0.389 e. The van der Waals surface area contributed by atoms with Crippen LogP contribution in [0.4, 0.5) is 5.69 Å². The maximum absolute atomic E-state index is 5.65. The molecule has 2 aromatic rings. The van der Waals surface area contributed by atoms with E-state index in [0.29, 0.717) is 4.99 Å². The third kappa shape index (κ3) is 3.55. The van der Waals surface area contributed by atoms with Crippen molar-refractivity contribution in [1.29, 1.82) is 0 Å². The highest BCUT2D eigenvalue weighted by Crippen LogP contribution is 2.25. The molecule has 19 heavy (non-hydrogen) atoms. The van der Waals surface area contributed by atoms with Gasteiger partial charge in [0.15, 0.2) is 0 Å². The van der Waals surface area contributed by atoms with E-state index in [1.165, 1.54) is 16.1 Å². The standard InChI is InChI=1S/C14H15BrN2S2/c1-9-5-10(14(16)18)3-4-13(9)17(2)7-12-6-11(15)8-19-12/h3-6,8H,7H2,1-2H3,(H2,16,18). The highest BCUT2D eigenvalue weighted by Gasteiger charge is 2.08. The number of halogens is 1. The minimum Gasteiger partial charge on any atom is -0.389 e. The fourth-order valence-corrected chi connectivity index (χ4v) is 3.62. The molecule has 1 aromatic heterocycles. The molecule has 2 rings (SSSR count). The molecular weight excluding hydrogens is 340 g/mol. The van der Waals surface area contributed by atoms with E-state index >= 15 is 0 Å². The molecule has 0 unspecified atom stereocenters. The number of benzene rings is 1. The van der Waals surface area contributed by atoms with Crippen LogP contribution in [-0.2, 0) is 6.54 Å². The molecule has 1 aromatic carbocycles. The van der Waals surface area contributed by atoms with Crippen LogP contribution >= 0.6 is 39.5 Å². The molecule has 0 bridgehead atoms. The Morgan fingerprint density at radius 1 is 1.42 bits per heavy atom. The summed E-state index contributed by atoms with van der Waals surface area (Å²) in [7, 11) is 2.09. The zero-order valence-electron chi connectivity index (χ0n) is 10.8. The highest BCUT2D eigenvalue weighted by atomic mass is 79.9. The second-order valence-corrected chi connectivity index (χ2v) is 6.80. The van der Waals surface area contributed by atoms with E-state index in [4.69, 9.17) is 18.0 Å². The average Bonchev–Trinajstić information content (AvgIpc) is 2.74. The van der Waals surface area contributed by atoms with Gasteiger partial charge in [0.05, 0.1) is 6.54 Å². The number of nitrogens with zero attached hydrogens (tertiary/aromatic N) is 1. The summed E-state index contributed by atoms with van der Waals surface area (Å²) in [5.41, 5.74) is 8.95. The van der Waals surface area contributed by atoms with Gasteiger partial charge in [0.2, 0.25) is 0 Å². The lowest BCUT2D eigenvalue weighted by atomic mass is 10.1. The van der Waals surface area contributed by atoms with E-state index in [-0.39, 0.29) is 0 Å². The van der Waals surface area contributed by atoms with Crippen molar-refractivity contribution >= 4 is 50.2 Å². The van der Waals surface area contributed by atoms with E-state index in [9.17, 15) is 0 Å². The fourth-order valence-electron chi connectivity index (χ4n) is 1.99. The van der Waals surface area contributed by atoms with Gasteiger partial charge in [-0.15, -0.1) is 11.3 Å². The van der Waals surface area contributed by atoms with Crippen LogP contribution in [0.15, 0.2) is 34.1 Å². The maximum Gasteiger partial charge on any atom is 0.103 e. The number of thiophene rings is 1. The molecule has 0 radical (unpaired) electrons. The van der Waals surface area contributed by atoms with Crippen molar-refractivity contribution in [2.24, 2.45) is 5.73 Å². The van der Waals surface area contributed by atoms with Crippen LogP contribution in [0.5, 0.6) is 0 Å². The van der Waals surface area contributed by atoms with Crippen LogP contribution in [0, 0.1) is 6.92 Å². The van der Waals surface area contributed by atoms with Gasteiger partial charge >= 0.3 is 0 Å². The average molecular weight is 355 g/mol. The van der Waals surface area contributed by atoms with Gasteiger partial charge in [-0.05, 0) is 52.7 Å². The van der Waals surface area contributed by atoms with Gasteiger partial charge < -0.3 is 10.6 Å². The Kier molecular flexibility index (Phi) is 4.60. The van der Waals surface area contributed by atoms with Gasteiger partial charge in [-0.25, -0.2) is 0 Å². The van der Waals surface area contributed by atoms with Gasteiger partial charge in [-0.1, -0.05) is 12.2 Å². The van der Waals surface area contributed by atoms with Gasteiger partial charge in [0.25, 0.3) is 0 Å². The normalized spacial score (nSPS) is 10.5. The summed E-state index contributed by atoms with van der Waals surface area (Å²) in [5, 5.41) is 2.10. The van der Waals surface area contributed by atoms with Crippen LogP contribution in [0.3, 0.4) is 0 Å². The van der Waals surface area contributed by atoms with Crippen molar-refractivity contribution in [1.82, 2.24) is 0 Å². The molecule has 0 amide bonds. The quantitative estimate of drug-likeness (QED) is 0.838. The van der Waals surface area contributed by atoms with Gasteiger partial charge in [0.1, 0.15) is 4.99 Å². The summed E-state index contributed by atoms with van der Waals surface area (Å²) in [6, 6.07) is 8.25. The Hall–Kier alpha value is -0.910. The van der Waals surface area contributed by atoms with Crippen molar-refractivity contribution in [3.8, 4) is 0 Å².